The van der Waals surface area contributed by atoms with Gasteiger partial charge in [0.25, 0.3) is 0 Å². The largest absolute Gasteiger partial charge is 0.394 e. The van der Waals surface area contributed by atoms with Gasteiger partial charge in [0.1, 0.15) is 0 Å². The van der Waals surface area contributed by atoms with Crippen LogP contribution in [0.1, 0.15) is 0 Å². The molecule has 0 fully saturated rings. The van der Waals surface area contributed by atoms with Gasteiger partial charge in [-0.3, -0.25) is 5.32 Å². The lowest BCUT2D eigenvalue weighted by molar-refractivity contribution is 0.259. The smallest absolute Gasteiger partial charge is 0.319 e. The SMILES string of the molecule is NC(=O)Nc1ncc(N)c(N)n1. The van der Waals surface area contributed by atoms with E-state index < -0.39 is 6.03 Å². The standard InChI is InChI=1S/C5H8N6O/c6-2-1-9-5(10-3(2)7)11-4(8)12/h1H,6H2,(H5,7,8,9,10,11,12). The Morgan fingerprint density at radius 2 is 2.17 bits per heavy atom. The first-order valence-corrected chi connectivity index (χ1v) is 3.04. The van der Waals surface area contributed by atoms with Crippen molar-refractivity contribution in [3.05, 3.63) is 6.20 Å². The topological polar surface area (TPSA) is 133 Å². The first-order valence-electron chi connectivity index (χ1n) is 3.04. The van der Waals surface area contributed by atoms with E-state index in [0.29, 0.717) is 0 Å². The molecule has 7 N–H and O–H groups in total. The van der Waals surface area contributed by atoms with Crippen LogP contribution in [0.4, 0.5) is 22.2 Å². The number of rotatable bonds is 1. The molecule has 0 unspecified atom stereocenters. The maximum absolute atomic E-state index is 10.3. The number of hydrogen-bond acceptors (Lipinski definition) is 5. The second kappa shape index (κ2) is 2.91. The van der Waals surface area contributed by atoms with Crippen LogP contribution in [0.2, 0.25) is 0 Å². The molecule has 0 saturated carbocycles. The maximum atomic E-state index is 10.3. The minimum absolute atomic E-state index is 0.0363. The number of amides is 2. The Labute approximate surface area is 68.0 Å². The van der Waals surface area contributed by atoms with Crippen molar-refractivity contribution in [3.8, 4) is 0 Å². The van der Waals surface area contributed by atoms with Gasteiger partial charge in [-0.25, -0.2) is 9.78 Å². The normalized spacial score (nSPS) is 9.33. The summed E-state index contributed by atoms with van der Waals surface area (Å²) < 4.78 is 0. The van der Waals surface area contributed by atoms with E-state index in [1.807, 2.05) is 0 Å². The number of nitrogen functional groups attached to an aromatic ring is 2. The summed E-state index contributed by atoms with van der Waals surface area (Å²) >= 11 is 0. The summed E-state index contributed by atoms with van der Waals surface area (Å²) in [6.07, 6.45) is 1.29. The van der Waals surface area contributed by atoms with Crippen molar-refractivity contribution in [1.82, 2.24) is 9.97 Å². The van der Waals surface area contributed by atoms with Crippen LogP contribution in [0.15, 0.2) is 6.20 Å². The number of urea groups is 1. The number of primary amides is 1. The quantitative estimate of drug-likeness (QED) is 0.432. The summed E-state index contributed by atoms with van der Waals surface area (Å²) in [5.74, 6) is 0.142. The van der Waals surface area contributed by atoms with Gasteiger partial charge < -0.3 is 17.2 Å². The Kier molecular flexibility index (Phi) is 1.95. The van der Waals surface area contributed by atoms with Crippen LogP contribution >= 0.6 is 0 Å². The zero-order valence-corrected chi connectivity index (χ0v) is 6.11. The van der Waals surface area contributed by atoms with E-state index in [-0.39, 0.29) is 17.5 Å². The Bertz CT molecular complexity index is 311. The molecule has 0 bridgehead atoms. The summed E-state index contributed by atoms with van der Waals surface area (Å²) in [5, 5.41) is 2.15. The minimum Gasteiger partial charge on any atom is -0.394 e. The molecule has 12 heavy (non-hydrogen) atoms. The van der Waals surface area contributed by atoms with Crippen LogP contribution in [0.25, 0.3) is 0 Å². The molecule has 1 rings (SSSR count). The highest BCUT2D eigenvalue weighted by atomic mass is 16.2. The zero-order chi connectivity index (χ0) is 9.14. The van der Waals surface area contributed by atoms with Gasteiger partial charge in [-0.2, -0.15) is 4.98 Å². The fourth-order valence-corrected chi connectivity index (χ4v) is 0.575. The first-order chi connectivity index (χ1) is 5.59. The van der Waals surface area contributed by atoms with Crippen LogP contribution in [0, 0.1) is 0 Å². The number of hydrogen-bond donors (Lipinski definition) is 4. The fourth-order valence-electron chi connectivity index (χ4n) is 0.575. The minimum atomic E-state index is -0.751. The van der Waals surface area contributed by atoms with Crippen molar-refractivity contribution in [2.24, 2.45) is 5.73 Å². The average molecular weight is 168 g/mol. The zero-order valence-electron chi connectivity index (χ0n) is 6.11. The molecule has 0 aliphatic carbocycles. The predicted molar refractivity (Wildman–Crippen MR) is 44.1 cm³/mol. The Morgan fingerprint density at radius 3 is 2.67 bits per heavy atom. The van der Waals surface area contributed by atoms with Crippen LogP contribution in [-0.2, 0) is 0 Å². The van der Waals surface area contributed by atoms with Crippen molar-refractivity contribution in [2.45, 2.75) is 0 Å². The van der Waals surface area contributed by atoms with Gasteiger partial charge in [0.15, 0.2) is 5.82 Å². The van der Waals surface area contributed by atoms with Gasteiger partial charge in [-0.15, -0.1) is 0 Å². The van der Waals surface area contributed by atoms with Crippen LogP contribution in [0.3, 0.4) is 0 Å². The third kappa shape index (κ3) is 1.72. The number of nitrogens with one attached hydrogen (secondary N) is 1. The molecule has 7 nitrogen and oxygen atoms in total. The molecule has 7 heteroatoms. The molecular formula is C5H8N6O. The highest BCUT2D eigenvalue weighted by Gasteiger charge is 2.01. The summed E-state index contributed by atoms with van der Waals surface area (Å²) in [6.45, 7) is 0. The lowest BCUT2D eigenvalue weighted by atomic mass is 10.5. The van der Waals surface area contributed by atoms with E-state index in [9.17, 15) is 4.79 Å². The monoisotopic (exact) mass is 168 g/mol. The van der Waals surface area contributed by atoms with E-state index in [0.717, 1.165) is 0 Å². The lowest BCUT2D eigenvalue weighted by Crippen LogP contribution is -2.21. The molecule has 1 aromatic rings. The first kappa shape index (κ1) is 8.05. The van der Waals surface area contributed by atoms with Crippen LogP contribution < -0.4 is 22.5 Å². The average Bonchev–Trinajstić information content (AvgIpc) is 1.96. The third-order valence-electron chi connectivity index (χ3n) is 1.08. The fraction of sp³-hybridized carbons (Fsp3) is 0. The molecule has 1 heterocycles. The molecule has 1 aromatic heterocycles. The second-order valence-corrected chi connectivity index (χ2v) is 2.02. The van der Waals surface area contributed by atoms with Crippen LogP contribution in [0.5, 0.6) is 0 Å². The van der Waals surface area contributed by atoms with Crippen molar-refractivity contribution >= 4 is 23.5 Å². The Balaban J connectivity index is 2.89. The molecule has 0 spiro atoms. The van der Waals surface area contributed by atoms with E-state index in [2.05, 4.69) is 15.3 Å². The molecule has 64 valence electrons. The summed E-state index contributed by atoms with van der Waals surface area (Å²) in [5.41, 5.74) is 15.7. The summed E-state index contributed by atoms with van der Waals surface area (Å²) in [4.78, 5) is 17.6. The molecule has 0 aliphatic rings. The number of carbonyl (C=O) groups is 1. The van der Waals surface area contributed by atoms with Gasteiger partial charge in [0.05, 0.1) is 11.9 Å². The Morgan fingerprint density at radius 1 is 1.50 bits per heavy atom. The lowest BCUT2D eigenvalue weighted by Gasteiger charge is -2.01. The number of anilines is 3. The summed E-state index contributed by atoms with van der Waals surface area (Å²) in [7, 11) is 0. The van der Waals surface area contributed by atoms with Gasteiger partial charge in [-0.05, 0) is 0 Å². The number of nitrogens with zero attached hydrogens (tertiary/aromatic N) is 2. The number of nitrogens with two attached hydrogens (primary N) is 3. The van der Waals surface area contributed by atoms with Gasteiger partial charge in [0.2, 0.25) is 5.95 Å². The van der Waals surface area contributed by atoms with Gasteiger partial charge >= 0.3 is 6.03 Å². The van der Waals surface area contributed by atoms with Gasteiger partial charge in [0, 0.05) is 0 Å². The third-order valence-corrected chi connectivity index (χ3v) is 1.08. The van der Waals surface area contributed by atoms with E-state index >= 15 is 0 Å². The highest BCUT2D eigenvalue weighted by molar-refractivity contribution is 5.86. The second-order valence-electron chi connectivity index (χ2n) is 2.02. The molecule has 0 aromatic carbocycles. The Hall–Kier alpha value is -2.05. The van der Waals surface area contributed by atoms with Crippen molar-refractivity contribution in [2.75, 3.05) is 16.8 Å². The molecule has 0 atom stereocenters. The molecule has 0 radical (unpaired) electrons. The van der Waals surface area contributed by atoms with E-state index in [1.54, 1.807) is 0 Å². The highest BCUT2D eigenvalue weighted by Crippen LogP contribution is 2.10. The summed E-state index contributed by atoms with van der Waals surface area (Å²) in [6, 6.07) is -0.751. The maximum Gasteiger partial charge on any atom is 0.319 e. The molecule has 2 amide bonds. The van der Waals surface area contributed by atoms with Crippen molar-refractivity contribution < 1.29 is 4.79 Å². The van der Waals surface area contributed by atoms with E-state index in [4.69, 9.17) is 17.2 Å². The van der Waals surface area contributed by atoms with Gasteiger partial charge in [-0.1, -0.05) is 0 Å². The number of carbonyl (C=O) groups excluding carboxylic acids is 1. The van der Waals surface area contributed by atoms with Crippen molar-refractivity contribution in [1.29, 1.82) is 0 Å². The van der Waals surface area contributed by atoms with Crippen LogP contribution in [-0.4, -0.2) is 16.0 Å². The number of aromatic nitrogens is 2. The van der Waals surface area contributed by atoms with Crippen molar-refractivity contribution in [3.63, 3.8) is 0 Å². The molecule has 0 aliphatic heterocycles. The van der Waals surface area contributed by atoms with E-state index in [1.165, 1.54) is 6.20 Å². The molecule has 0 saturated heterocycles. The predicted octanol–water partition coefficient (Wildman–Crippen LogP) is -0.868. The molecular weight excluding hydrogens is 160 g/mol.